The first kappa shape index (κ1) is 20.6. The van der Waals surface area contributed by atoms with E-state index in [0.29, 0.717) is 5.82 Å². The lowest BCUT2D eigenvalue weighted by Crippen LogP contribution is -2.33. The summed E-state index contributed by atoms with van der Waals surface area (Å²) in [5.41, 5.74) is 11.4. The summed E-state index contributed by atoms with van der Waals surface area (Å²) >= 11 is 0. The van der Waals surface area contributed by atoms with Crippen LogP contribution in [0, 0.1) is 6.92 Å². The summed E-state index contributed by atoms with van der Waals surface area (Å²) in [7, 11) is -4.29. The maximum Gasteiger partial charge on any atom is 0.327 e. The van der Waals surface area contributed by atoms with Crippen molar-refractivity contribution in [3.8, 4) is 0 Å². The third-order valence-corrected chi connectivity index (χ3v) is 4.98. The Morgan fingerprint density at radius 3 is 2.64 bits per heavy atom. The molecule has 1 aliphatic rings. The number of aromatic nitrogens is 3. The molecule has 0 spiro atoms. The minimum Gasteiger partial charge on any atom is -0.385 e. The number of nitrogens with two attached hydrogens (primary N) is 2. The van der Waals surface area contributed by atoms with E-state index in [1.165, 1.54) is 10.8 Å². The van der Waals surface area contributed by atoms with Gasteiger partial charge in [0, 0.05) is 6.20 Å². The summed E-state index contributed by atoms with van der Waals surface area (Å²) in [5.74, 6) is -0.495. The fraction of sp³-hybridized carbons (Fsp3) is 0.500. The number of amides is 1. The van der Waals surface area contributed by atoms with Gasteiger partial charge in [0.25, 0.3) is 5.91 Å². The number of hydrogen-bond acceptors (Lipinski definition) is 9. The van der Waals surface area contributed by atoms with Gasteiger partial charge in [-0.1, -0.05) is 0 Å². The number of nitrogens with zero attached hydrogens (tertiary/aromatic N) is 3. The van der Waals surface area contributed by atoms with E-state index in [-0.39, 0.29) is 22.4 Å². The Kier molecular flexibility index (Phi) is 5.42. The first-order chi connectivity index (χ1) is 13.0. The predicted molar refractivity (Wildman–Crippen MR) is 94.0 cm³/mol. The Balaban J connectivity index is 1.94. The Bertz CT molecular complexity index is 959. The number of carbonyl (C=O) groups excluding carboxylic acids is 1. The highest BCUT2D eigenvalue weighted by Crippen LogP contribution is 2.37. The monoisotopic (exact) mass is 417 g/mol. The summed E-state index contributed by atoms with van der Waals surface area (Å²) in [5, 5.41) is 20.7. The van der Waals surface area contributed by atoms with E-state index < -0.39 is 51.0 Å². The molecule has 0 saturated carbocycles. The SMILES string of the molecule is Cc1nc(N)c2c(C(N)=O)cn([C@@H]3O[C@H](OCCP(=O)(O)O)[C@@H](O)[C@H]3O)c2n1. The summed E-state index contributed by atoms with van der Waals surface area (Å²) in [4.78, 5) is 37.7. The van der Waals surface area contributed by atoms with Crippen LogP contribution in [0.15, 0.2) is 6.20 Å². The van der Waals surface area contributed by atoms with E-state index in [2.05, 4.69) is 9.97 Å². The van der Waals surface area contributed by atoms with Crippen molar-refractivity contribution in [3.05, 3.63) is 17.6 Å². The number of hydrogen-bond donors (Lipinski definition) is 6. The van der Waals surface area contributed by atoms with Crippen molar-refractivity contribution in [2.75, 3.05) is 18.5 Å². The highest BCUT2D eigenvalue weighted by molar-refractivity contribution is 7.51. The molecule has 3 heterocycles. The number of anilines is 1. The van der Waals surface area contributed by atoms with Gasteiger partial charge < -0.3 is 45.5 Å². The molecule has 14 heteroatoms. The molecular weight excluding hydrogens is 397 g/mol. The molecule has 154 valence electrons. The minimum absolute atomic E-state index is 0.00339. The van der Waals surface area contributed by atoms with Gasteiger partial charge in [0.05, 0.1) is 23.7 Å². The van der Waals surface area contributed by atoms with Crippen LogP contribution in [-0.2, 0) is 14.0 Å². The van der Waals surface area contributed by atoms with E-state index in [1.807, 2.05) is 0 Å². The van der Waals surface area contributed by atoms with Gasteiger partial charge in [-0.3, -0.25) is 9.36 Å². The predicted octanol–water partition coefficient (Wildman–Crippen LogP) is -1.81. The number of carbonyl (C=O) groups is 1. The van der Waals surface area contributed by atoms with E-state index in [9.17, 15) is 19.6 Å². The van der Waals surface area contributed by atoms with Crippen LogP contribution in [0.2, 0.25) is 0 Å². The van der Waals surface area contributed by atoms with Crippen molar-refractivity contribution < 1.29 is 38.8 Å². The Hall–Kier alpha value is -2.12. The van der Waals surface area contributed by atoms with Crippen molar-refractivity contribution in [2.45, 2.75) is 31.6 Å². The molecule has 0 radical (unpaired) electrons. The number of ether oxygens (including phenoxy) is 2. The molecule has 1 amide bonds. The van der Waals surface area contributed by atoms with Crippen molar-refractivity contribution >= 4 is 30.4 Å². The number of fused-ring (bicyclic) bond motifs is 1. The quantitative estimate of drug-likeness (QED) is 0.288. The first-order valence-corrected chi connectivity index (χ1v) is 9.91. The Morgan fingerprint density at radius 2 is 2.04 bits per heavy atom. The standard InChI is InChI=1S/C14H20N5O8P/c1-5-17-10(15)7-6(11(16)22)4-19(12(7)18-5)13-8(20)9(21)14(27-13)26-2-3-28(23,24)25/h4,8-9,13-14,20-21H,2-3H2,1H3,(H2,16,22)(H2,15,17,18)(H2,23,24,25)/t8-,9+,13-,14+/m1/s1. The Labute approximate surface area is 158 Å². The lowest BCUT2D eigenvalue weighted by Gasteiger charge is -2.17. The van der Waals surface area contributed by atoms with Gasteiger partial charge in [0.1, 0.15) is 29.5 Å². The average Bonchev–Trinajstić information content (AvgIpc) is 3.07. The fourth-order valence-electron chi connectivity index (χ4n) is 2.95. The van der Waals surface area contributed by atoms with Crippen molar-refractivity contribution in [2.24, 2.45) is 5.73 Å². The maximum atomic E-state index is 11.8. The van der Waals surface area contributed by atoms with Crippen LogP contribution >= 0.6 is 7.60 Å². The maximum absolute atomic E-state index is 11.8. The van der Waals surface area contributed by atoms with Crippen LogP contribution in [0.4, 0.5) is 5.82 Å². The molecule has 2 aromatic heterocycles. The molecule has 1 fully saturated rings. The van der Waals surface area contributed by atoms with Gasteiger partial charge in [-0.2, -0.15) is 0 Å². The highest BCUT2D eigenvalue weighted by atomic mass is 31.2. The smallest absolute Gasteiger partial charge is 0.327 e. The zero-order valence-corrected chi connectivity index (χ0v) is 15.6. The molecule has 3 rings (SSSR count). The number of rotatable bonds is 6. The van der Waals surface area contributed by atoms with E-state index >= 15 is 0 Å². The third-order valence-electron chi connectivity index (χ3n) is 4.21. The zero-order valence-electron chi connectivity index (χ0n) is 14.7. The summed E-state index contributed by atoms with van der Waals surface area (Å²) < 4.78 is 22.8. The van der Waals surface area contributed by atoms with E-state index in [0.717, 1.165) is 0 Å². The molecule has 28 heavy (non-hydrogen) atoms. The van der Waals surface area contributed by atoms with E-state index in [1.54, 1.807) is 6.92 Å². The van der Waals surface area contributed by atoms with Crippen molar-refractivity contribution in [1.82, 2.24) is 14.5 Å². The second-order valence-corrected chi connectivity index (χ2v) is 8.08. The first-order valence-electron chi connectivity index (χ1n) is 8.12. The lowest BCUT2D eigenvalue weighted by atomic mass is 10.2. The lowest BCUT2D eigenvalue weighted by molar-refractivity contribution is -0.173. The summed E-state index contributed by atoms with van der Waals surface area (Å²) in [6, 6.07) is 0. The van der Waals surface area contributed by atoms with Crippen molar-refractivity contribution in [3.63, 3.8) is 0 Å². The number of aliphatic hydroxyl groups is 2. The van der Waals surface area contributed by atoms with Crippen LogP contribution in [0.1, 0.15) is 22.4 Å². The van der Waals surface area contributed by atoms with Gasteiger partial charge in [-0.25, -0.2) is 9.97 Å². The fourth-order valence-corrected chi connectivity index (χ4v) is 3.30. The van der Waals surface area contributed by atoms with Crippen LogP contribution in [0.3, 0.4) is 0 Å². The number of aryl methyl sites for hydroxylation is 1. The second kappa shape index (κ2) is 7.37. The largest absolute Gasteiger partial charge is 0.385 e. The zero-order chi connectivity index (χ0) is 20.8. The van der Waals surface area contributed by atoms with Gasteiger partial charge in [0.15, 0.2) is 12.5 Å². The van der Waals surface area contributed by atoms with Crippen LogP contribution in [-0.4, -0.2) is 71.7 Å². The van der Waals surface area contributed by atoms with Crippen LogP contribution in [0.25, 0.3) is 11.0 Å². The van der Waals surface area contributed by atoms with Crippen LogP contribution in [0.5, 0.6) is 0 Å². The van der Waals surface area contributed by atoms with Crippen molar-refractivity contribution in [1.29, 1.82) is 0 Å². The molecular formula is C14H20N5O8P. The second-order valence-electron chi connectivity index (χ2n) is 6.30. The summed E-state index contributed by atoms with van der Waals surface area (Å²) in [6.07, 6.45) is -4.90. The molecule has 0 aliphatic carbocycles. The summed E-state index contributed by atoms with van der Waals surface area (Å²) in [6.45, 7) is 1.17. The Morgan fingerprint density at radius 1 is 1.36 bits per heavy atom. The molecule has 8 N–H and O–H groups in total. The minimum atomic E-state index is -4.29. The normalized spacial score (nSPS) is 25.5. The van der Waals surface area contributed by atoms with Gasteiger partial charge in [-0.15, -0.1) is 0 Å². The number of aliphatic hydroxyl groups excluding tert-OH is 2. The van der Waals surface area contributed by atoms with Gasteiger partial charge in [-0.05, 0) is 6.92 Å². The number of nitrogen functional groups attached to an aromatic ring is 1. The molecule has 2 aromatic rings. The molecule has 0 unspecified atom stereocenters. The number of primary amides is 1. The topological polar surface area (TPSA) is 216 Å². The van der Waals surface area contributed by atoms with Crippen LogP contribution < -0.4 is 11.5 Å². The average molecular weight is 417 g/mol. The molecule has 0 aromatic carbocycles. The molecule has 4 atom stereocenters. The van der Waals surface area contributed by atoms with E-state index in [4.69, 9.17) is 30.7 Å². The molecule has 1 aliphatic heterocycles. The van der Waals surface area contributed by atoms with Gasteiger partial charge >= 0.3 is 7.60 Å². The van der Waals surface area contributed by atoms with Gasteiger partial charge in [0.2, 0.25) is 0 Å². The molecule has 1 saturated heterocycles. The third kappa shape index (κ3) is 3.86. The molecule has 0 bridgehead atoms. The highest BCUT2D eigenvalue weighted by Gasteiger charge is 2.45. The molecule has 13 nitrogen and oxygen atoms in total.